The topological polar surface area (TPSA) is 155 Å². The predicted molar refractivity (Wildman–Crippen MR) is 174 cm³/mol. The Kier molecular flexibility index (Phi) is 11.4. The highest BCUT2D eigenvalue weighted by Crippen LogP contribution is 2.67. The van der Waals surface area contributed by atoms with E-state index in [4.69, 9.17) is 23.7 Å². The van der Waals surface area contributed by atoms with Crippen molar-refractivity contribution in [3.8, 4) is 5.75 Å². The fourth-order valence-electron chi connectivity index (χ4n) is 7.41. The summed E-state index contributed by atoms with van der Waals surface area (Å²) < 4.78 is 29.4. The first-order valence-electron chi connectivity index (χ1n) is 16.2. The van der Waals surface area contributed by atoms with Gasteiger partial charge in [0.1, 0.15) is 24.1 Å². The third kappa shape index (κ3) is 7.27. The molecule has 9 atom stereocenters. The molecule has 260 valence electrons. The summed E-state index contributed by atoms with van der Waals surface area (Å²) in [5, 5.41) is 22.1. The highest BCUT2D eigenvalue weighted by molar-refractivity contribution is 5.87. The summed E-state index contributed by atoms with van der Waals surface area (Å²) in [6.07, 6.45) is 3.21. The Balaban J connectivity index is 1.89. The smallest absolute Gasteiger partial charge is 0.331 e. The van der Waals surface area contributed by atoms with Gasteiger partial charge in [-0.2, -0.15) is 0 Å². The molecule has 0 aromatic heterocycles. The number of carbonyl (C=O) groups excluding carboxylic acids is 4. The number of allylic oxidation sites excluding steroid dienone is 3. The Morgan fingerprint density at radius 3 is 2.31 bits per heavy atom. The van der Waals surface area contributed by atoms with Crippen molar-refractivity contribution in [3.05, 3.63) is 71.9 Å². The number of aromatic hydroxyl groups is 1. The van der Waals surface area contributed by atoms with Crippen molar-refractivity contribution in [1.29, 1.82) is 0 Å². The van der Waals surface area contributed by atoms with E-state index in [0.717, 1.165) is 5.57 Å². The van der Waals surface area contributed by atoms with Gasteiger partial charge >= 0.3 is 23.9 Å². The summed E-state index contributed by atoms with van der Waals surface area (Å²) in [4.78, 5) is 50.9. The average molecular weight is 667 g/mol. The lowest BCUT2D eigenvalue weighted by molar-refractivity contribution is -0.275. The van der Waals surface area contributed by atoms with E-state index in [2.05, 4.69) is 6.58 Å². The van der Waals surface area contributed by atoms with E-state index in [-0.39, 0.29) is 24.2 Å². The summed E-state index contributed by atoms with van der Waals surface area (Å²) in [6, 6.07) is 6.23. The number of phenolic OH excluding ortho intramolecular Hbond substituents is 1. The second kappa shape index (κ2) is 14.9. The van der Waals surface area contributed by atoms with Crippen molar-refractivity contribution < 1.29 is 53.1 Å². The maximum absolute atomic E-state index is 13.4. The van der Waals surface area contributed by atoms with Crippen LogP contribution in [-0.4, -0.2) is 65.0 Å². The van der Waals surface area contributed by atoms with Gasteiger partial charge in [-0.05, 0) is 67.4 Å². The molecule has 3 aliphatic rings. The van der Waals surface area contributed by atoms with Crippen molar-refractivity contribution in [2.24, 2.45) is 22.7 Å². The van der Waals surface area contributed by atoms with Crippen LogP contribution < -0.4 is 0 Å². The van der Waals surface area contributed by atoms with Gasteiger partial charge < -0.3 is 29.2 Å². The molecule has 2 aliphatic carbocycles. The number of aliphatic hydroxyl groups is 1. The molecule has 1 saturated heterocycles. The maximum atomic E-state index is 13.4. The molecule has 0 bridgehead atoms. The maximum Gasteiger partial charge on any atom is 0.331 e. The van der Waals surface area contributed by atoms with Gasteiger partial charge in [0.2, 0.25) is 12.6 Å². The lowest BCUT2D eigenvalue weighted by Gasteiger charge is -2.62. The molecule has 1 heterocycles. The molecule has 11 heteroatoms. The highest BCUT2D eigenvalue weighted by Gasteiger charge is 2.74. The Bertz CT molecular complexity index is 1490. The predicted octanol–water partition coefficient (Wildman–Crippen LogP) is 5.31. The number of esters is 4. The van der Waals surface area contributed by atoms with Gasteiger partial charge in [0, 0.05) is 37.8 Å². The van der Waals surface area contributed by atoms with Crippen molar-refractivity contribution in [3.63, 3.8) is 0 Å². The number of benzene rings is 1. The number of aliphatic hydroxyl groups excluding tert-OH is 1. The first-order valence-corrected chi connectivity index (χ1v) is 16.2. The molecule has 1 spiro atoms. The Hall–Kier alpha value is -4.22. The SMILES string of the molecule is C=CC(C)=CC[C@]1(C)[C@H]2C[C@H](OC(=O)CCC)C=C3[C@H](OC(C)=O)O[C@H](OC(C)=O)[C@@]32[C@H](O)[C@@H](OC(=O)C=Cc2ccc(O)cc2)[C@@H]1C. The van der Waals surface area contributed by atoms with Gasteiger partial charge in [0.25, 0.3) is 0 Å². The molecular weight excluding hydrogens is 620 g/mol. The Labute approximate surface area is 281 Å². The standard InChI is InChI=1S/C37H46O11/c1-8-10-30(41)46-27-19-28-34(44-23(5)38)48-35(45-24(6)39)37(28)29(20-27)36(7,18-17-21(3)9-2)22(4)32(33(37)43)47-31(42)16-13-25-11-14-26(40)15-12-25/h9,11-17,19,22,27,29,32-35,40,43H,2,8,10,18,20H2,1,3-7H3/t22-,27+,29+,32-,33+,34+,35-,36-,37-/m0/s1. The Morgan fingerprint density at radius 2 is 1.71 bits per heavy atom. The lowest BCUT2D eigenvalue weighted by atomic mass is 9.44. The zero-order chi connectivity index (χ0) is 35.4. The number of phenols is 1. The summed E-state index contributed by atoms with van der Waals surface area (Å²) in [6.45, 7) is 13.9. The third-order valence-corrected chi connectivity index (χ3v) is 9.96. The minimum atomic E-state index is -1.57. The van der Waals surface area contributed by atoms with E-state index in [1.165, 1.54) is 38.1 Å². The van der Waals surface area contributed by atoms with E-state index >= 15 is 0 Å². The van der Waals surface area contributed by atoms with Crippen LogP contribution in [0.15, 0.2) is 66.3 Å². The van der Waals surface area contributed by atoms with E-state index in [1.54, 1.807) is 24.3 Å². The quantitative estimate of drug-likeness (QED) is 0.104. The largest absolute Gasteiger partial charge is 0.508 e. The normalized spacial score (nSPS) is 32.8. The van der Waals surface area contributed by atoms with Gasteiger partial charge in [-0.1, -0.05) is 57.2 Å². The van der Waals surface area contributed by atoms with Crippen molar-refractivity contribution >= 4 is 30.0 Å². The van der Waals surface area contributed by atoms with Gasteiger partial charge in [0.15, 0.2) is 0 Å². The molecule has 4 rings (SSSR count). The fourth-order valence-corrected chi connectivity index (χ4v) is 7.41. The molecule has 1 saturated carbocycles. The monoisotopic (exact) mass is 666 g/mol. The van der Waals surface area contributed by atoms with Crippen LogP contribution in [0.3, 0.4) is 0 Å². The first kappa shape index (κ1) is 36.6. The van der Waals surface area contributed by atoms with Gasteiger partial charge in [0.05, 0.1) is 5.41 Å². The van der Waals surface area contributed by atoms with Crippen LogP contribution in [0.2, 0.25) is 0 Å². The molecule has 0 amide bonds. The van der Waals surface area contributed by atoms with E-state index in [1.807, 2.05) is 33.8 Å². The molecule has 11 nitrogen and oxygen atoms in total. The summed E-state index contributed by atoms with van der Waals surface area (Å²) in [5.74, 6) is -3.55. The molecule has 0 unspecified atom stereocenters. The van der Waals surface area contributed by atoms with Gasteiger partial charge in [-0.15, -0.1) is 0 Å². The number of rotatable bonds is 11. The van der Waals surface area contributed by atoms with Crippen LogP contribution in [0.25, 0.3) is 6.08 Å². The summed E-state index contributed by atoms with van der Waals surface area (Å²) in [7, 11) is 0. The average Bonchev–Trinajstić information content (AvgIpc) is 3.32. The van der Waals surface area contributed by atoms with Crippen LogP contribution in [-0.2, 0) is 42.9 Å². The number of carbonyl (C=O) groups is 4. The lowest BCUT2D eigenvalue weighted by Crippen LogP contribution is -2.68. The number of ether oxygens (including phenoxy) is 5. The minimum Gasteiger partial charge on any atom is -0.508 e. The van der Waals surface area contributed by atoms with E-state index < -0.39 is 77.4 Å². The number of hydrogen-bond donors (Lipinski definition) is 2. The van der Waals surface area contributed by atoms with Crippen molar-refractivity contribution in [1.82, 2.24) is 0 Å². The second-order valence-corrected chi connectivity index (χ2v) is 13.1. The van der Waals surface area contributed by atoms with Crippen LogP contribution in [0.5, 0.6) is 5.75 Å². The summed E-state index contributed by atoms with van der Waals surface area (Å²) in [5.41, 5.74) is -0.576. The van der Waals surface area contributed by atoms with E-state index in [0.29, 0.717) is 18.4 Å². The van der Waals surface area contributed by atoms with Crippen LogP contribution in [0.1, 0.15) is 72.8 Å². The van der Waals surface area contributed by atoms with Gasteiger partial charge in [-0.3, -0.25) is 19.1 Å². The van der Waals surface area contributed by atoms with Crippen LogP contribution in [0.4, 0.5) is 0 Å². The van der Waals surface area contributed by atoms with Crippen LogP contribution in [0, 0.1) is 22.7 Å². The van der Waals surface area contributed by atoms with Gasteiger partial charge in [-0.25, -0.2) is 4.79 Å². The Morgan fingerprint density at radius 1 is 1.04 bits per heavy atom. The van der Waals surface area contributed by atoms with Crippen LogP contribution >= 0.6 is 0 Å². The highest BCUT2D eigenvalue weighted by atomic mass is 16.8. The second-order valence-electron chi connectivity index (χ2n) is 13.1. The molecule has 1 aromatic rings. The molecule has 2 fully saturated rings. The molecule has 1 aliphatic heterocycles. The zero-order valence-electron chi connectivity index (χ0n) is 28.3. The molecule has 1 aromatic carbocycles. The minimum absolute atomic E-state index is 0.0783. The van der Waals surface area contributed by atoms with Crippen molar-refractivity contribution in [2.75, 3.05) is 0 Å². The molecule has 48 heavy (non-hydrogen) atoms. The zero-order valence-corrected chi connectivity index (χ0v) is 28.3. The summed E-state index contributed by atoms with van der Waals surface area (Å²) >= 11 is 0. The molecular formula is C37H46O11. The van der Waals surface area contributed by atoms with E-state index in [9.17, 15) is 29.4 Å². The first-order chi connectivity index (χ1) is 22.7. The van der Waals surface area contributed by atoms with Crippen molar-refractivity contribution in [2.45, 2.75) is 98.1 Å². The molecule has 2 N–H and O–H groups in total. The number of hydrogen-bond acceptors (Lipinski definition) is 11. The fraction of sp³-hybridized carbons (Fsp3) is 0.514. The third-order valence-electron chi connectivity index (χ3n) is 9.96. The molecule has 0 radical (unpaired) electrons.